The summed E-state index contributed by atoms with van der Waals surface area (Å²) in [6, 6.07) is 5.84. The average molecular weight is 453 g/mol. The lowest BCUT2D eigenvalue weighted by atomic mass is 10.2. The molecule has 1 saturated carbocycles. The van der Waals surface area contributed by atoms with E-state index in [2.05, 4.69) is 30.8 Å². The van der Waals surface area contributed by atoms with Crippen molar-refractivity contribution in [2.24, 2.45) is 0 Å². The Bertz CT molecular complexity index is 1070. The number of H-pyrrole nitrogens is 1. The molecule has 30 heavy (non-hydrogen) atoms. The predicted octanol–water partition coefficient (Wildman–Crippen LogP) is 5.97. The van der Waals surface area contributed by atoms with Crippen LogP contribution in [0.1, 0.15) is 54.4 Å². The van der Waals surface area contributed by atoms with Gasteiger partial charge in [-0.3, -0.25) is 5.10 Å². The fourth-order valence-corrected chi connectivity index (χ4v) is 3.79. The van der Waals surface area contributed by atoms with Crippen molar-refractivity contribution in [3.05, 3.63) is 40.0 Å². The maximum absolute atomic E-state index is 11.8. The lowest BCUT2D eigenvalue weighted by Gasteiger charge is -2.19. The molecule has 1 amide bonds. The van der Waals surface area contributed by atoms with Crippen LogP contribution in [0.3, 0.4) is 0 Å². The van der Waals surface area contributed by atoms with E-state index in [9.17, 15) is 4.79 Å². The maximum Gasteiger partial charge on any atom is 0.407 e. The molecule has 3 aromatic heterocycles. The van der Waals surface area contributed by atoms with Crippen molar-refractivity contribution in [1.29, 1.82) is 0 Å². The van der Waals surface area contributed by atoms with Gasteiger partial charge in [-0.25, -0.2) is 14.8 Å². The van der Waals surface area contributed by atoms with E-state index in [1.807, 2.05) is 39.0 Å². The molecule has 1 aliphatic rings. The van der Waals surface area contributed by atoms with Crippen molar-refractivity contribution in [3.8, 4) is 10.7 Å². The van der Waals surface area contributed by atoms with Gasteiger partial charge in [-0.05, 0) is 45.7 Å². The number of anilines is 2. The number of halogens is 1. The molecule has 0 atom stereocenters. The van der Waals surface area contributed by atoms with Crippen LogP contribution < -0.4 is 10.6 Å². The van der Waals surface area contributed by atoms with Gasteiger partial charge in [-0.1, -0.05) is 11.6 Å². The van der Waals surface area contributed by atoms with Crippen molar-refractivity contribution in [2.45, 2.75) is 51.7 Å². The molecule has 10 heteroatoms. The van der Waals surface area contributed by atoms with Crippen molar-refractivity contribution < 1.29 is 13.8 Å². The number of carbonyl (C=O) groups excluding carboxylic acids is 1. The first-order valence-corrected chi connectivity index (χ1v) is 10.9. The summed E-state index contributed by atoms with van der Waals surface area (Å²) in [5.74, 6) is 2.31. The van der Waals surface area contributed by atoms with E-state index in [0.29, 0.717) is 34.9 Å². The first-order valence-electron chi connectivity index (χ1n) is 9.67. The third-order valence-corrected chi connectivity index (χ3v) is 5.65. The second kappa shape index (κ2) is 8.23. The van der Waals surface area contributed by atoms with Crippen LogP contribution in [0.5, 0.6) is 0 Å². The Morgan fingerprint density at radius 1 is 1.40 bits per heavy atom. The largest absolute Gasteiger partial charge is 0.444 e. The molecule has 8 nitrogen and oxygen atoms in total. The monoisotopic (exact) mass is 452 g/mol. The van der Waals surface area contributed by atoms with Gasteiger partial charge in [0.05, 0.1) is 17.6 Å². The number of ether oxygens (including phenoxy) is 1. The molecular weight excluding hydrogens is 424 g/mol. The van der Waals surface area contributed by atoms with Gasteiger partial charge in [0, 0.05) is 26.8 Å². The van der Waals surface area contributed by atoms with Gasteiger partial charge in [0.15, 0.2) is 17.5 Å². The first-order chi connectivity index (χ1) is 14.3. The molecule has 0 radical (unpaired) electrons. The van der Waals surface area contributed by atoms with Crippen molar-refractivity contribution in [2.75, 3.05) is 5.32 Å². The number of amides is 1. The lowest BCUT2D eigenvalue weighted by molar-refractivity contribution is 0.0524. The molecule has 0 aromatic carbocycles. The number of carbonyl (C=O) groups is 1. The summed E-state index contributed by atoms with van der Waals surface area (Å²) in [6.45, 7) is 5.86. The van der Waals surface area contributed by atoms with Crippen LogP contribution >= 0.6 is 22.9 Å². The normalized spacial score (nSPS) is 13.9. The van der Waals surface area contributed by atoms with Gasteiger partial charge >= 0.3 is 6.09 Å². The first kappa shape index (κ1) is 20.6. The Morgan fingerprint density at radius 2 is 2.20 bits per heavy atom. The summed E-state index contributed by atoms with van der Waals surface area (Å²) in [5, 5.41) is 13.7. The molecule has 4 rings (SSSR count). The zero-order chi connectivity index (χ0) is 21.3. The zero-order valence-corrected chi connectivity index (χ0v) is 18.5. The minimum Gasteiger partial charge on any atom is -0.444 e. The molecule has 0 spiro atoms. The molecule has 3 N–H and O–H groups in total. The van der Waals surface area contributed by atoms with E-state index < -0.39 is 11.7 Å². The number of hydrogen-bond acceptors (Lipinski definition) is 7. The highest BCUT2D eigenvalue weighted by molar-refractivity contribution is 7.15. The molecular formula is C20H29ClN6O2S. The summed E-state index contributed by atoms with van der Waals surface area (Å²) in [4.78, 5) is 22.6. The Labute approximate surface area is 187 Å². The summed E-state index contributed by atoms with van der Waals surface area (Å²) in [7, 11) is 0. The molecule has 0 saturated heterocycles. The van der Waals surface area contributed by atoms with E-state index in [4.69, 9.17) is 16.3 Å². The topological polar surface area (TPSA) is 105 Å². The molecule has 0 aliphatic heterocycles. The van der Waals surface area contributed by atoms with Crippen LogP contribution in [-0.4, -0.2) is 31.9 Å². The number of alkyl carbamates (subject to hydrolysis) is 1. The van der Waals surface area contributed by atoms with Crippen LogP contribution in [0.4, 0.5) is 16.4 Å². The Hall–Kier alpha value is -2.65. The van der Waals surface area contributed by atoms with Gasteiger partial charge < -0.3 is 15.4 Å². The molecule has 164 valence electrons. The van der Waals surface area contributed by atoms with Crippen molar-refractivity contribution in [1.82, 2.24) is 25.5 Å². The lowest BCUT2D eigenvalue weighted by Crippen LogP contribution is -2.31. The van der Waals surface area contributed by atoms with Crippen molar-refractivity contribution >= 4 is 40.7 Å². The van der Waals surface area contributed by atoms with E-state index in [0.717, 1.165) is 15.4 Å². The van der Waals surface area contributed by atoms with E-state index >= 15 is 0 Å². The quantitative estimate of drug-likeness (QED) is 0.425. The molecule has 3 heterocycles. The van der Waals surface area contributed by atoms with Crippen LogP contribution in [-0.2, 0) is 11.3 Å². The van der Waals surface area contributed by atoms with E-state index in [1.54, 1.807) is 6.20 Å². The fraction of sp³-hybridized carbons (Fsp3) is 0.400. The summed E-state index contributed by atoms with van der Waals surface area (Å²) in [6.07, 6.45) is 3.52. The highest BCUT2D eigenvalue weighted by atomic mass is 35.5. The van der Waals surface area contributed by atoms with Gasteiger partial charge in [0.1, 0.15) is 10.6 Å². The van der Waals surface area contributed by atoms with Gasteiger partial charge in [-0.2, -0.15) is 5.10 Å². The molecule has 0 bridgehead atoms. The molecule has 1 fully saturated rings. The third-order valence-electron chi connectivity index (χ3n) is 4.29. The zero-order valence-electron chi connectivity index (χ0n) is 17.0. The number of aromatic nitrogens is 4. The molecule has 1 aliphatic carbocycles. The fourth-order valence-electron chi connectivity index (χ4n) is 2.77. The predicted molar refractivity (Wildman–Crippen MR) is 124 cm³/mol. The Morgan fingerprint density at radius 3 is 2.93 bits per heavy atom. The Kier molecular flexibility index (Phi) is 5.66. The molecule has 0 unspecified atom stereocenters. The summed E-state index contributed by atoms with van der Waals surface area (Å²) in [5.41, 5.74) is 0.599. The SMILES string of the molecule is CC(C)(C)OC(=O)NCc1ccc(-c2ncc(Cl)c(Nc3cc(C4CC4)[nH]n3)n2)s1.[HH].[HH].[HH]. The van der Waals surface area contributed by atoms with E-state index in [1.165, 1.54) is 24.2 Å². The van der Waals surface area contributed by atoms with Crippen LogP contribution in [0.15, 0.2) is 24.4 Å². The highest BCUT2D eigenvalue weighted by Crippen LogP contribution is 2.40. The number of hydrogen-bond donors (Lipinski definition) is 3. The smallest absolute Gasteiger partial charge is 0.407 e. The minimum absolute atomic E-state index is 0. The number of rotatable bonds is 6. The second-order valence-electron chi connectivity index (χ2n) is 8.12. The summed E-state index contributed by atoms with van der Waals surface area (Å²) >= 11 is 7.77. The van der Waals surface area contributed by atoms with Gasteiger partial charge in [-0.15, -0.1) is 11.3 Å². The standard InChI is InChI=1S/C20H23ClN6O2S.3H2/c1-20(2,3)29-19(28)23-9-12-6-7-15(30-12)18-22-10-13(21)17(25-18)24-16-8-14(26-27-16)11-4-5-11;;;/h6-8,10-11H,4-5,9H2,1-3H3,(H,23,28)(H2,22,24,25,26,27);3*1H. The second-order valence-corrected chi connectivity index (χ2v) is 9.69. The number of thiophene rings is 1. The van der Waals surface area contributed by atoms with Crippen LogP contribution in [0.2, 0.25) is 5.02 Å². The number of aromatic amines is 1. The summed E-state index contributed by atoms with van der Waals surface area (Å²) < 4.78 is 5.26. The average Bonchev–Trinajstić information content (AvgIpc) is 3.22. The Balaban J connectivity index is 0.00000181. The number of nitrogens with one attached hydrogen (secondary N) is 3. The van der Waals surface area contributed by atoms with Crippen molar-refractivity contribution in [3.63, 3.8) is 0 Å². The van der Waals surface area contributed by atoms with E-state index in [-0.39, 0.29) is 4.28 Å². The minimum atomic E-state index is -0.529. The third kappa shape index (κ3) is 5.28. The van der Waals surface area contributed by atoms with Crippen LogP contribution in [0, 0.1) is 0 Å². The highest BCUT2D eigenvalue weighted by Gasteiger charge is 2.25. The maximum atomic E-state index is 11.8. The molecule has 3 aromatic rings. The number of nitrogens with zero attached hydrogens (tertiary/aromatic N) is 3. The van der Waals surface area contributed by atoms with Gasteiger partial charge in [0.25, 0.3) is 0 Å². The van der Waals surface area contributed by atoms with Crippen LogP contribution in [0.25, 0.3) is 10.7 Å². The van der Waals surface area contributed by atoms with Gasteiger partial charge in [0.2, 0.25) is 0 Å².